The monoisotopic (exact) mass is 238 g/mol. The first-order chi connectivity index (χ1) is 7.58. The molecule has 0 aliphatic carbocycles. The van der Waals surface area contributed by atoms with Gasteiger partial charge < -0.3 is 11.1 Å². The average Bonchev–Trinajstić information content (AvgIpc) is 2.30. The zero-order valence-corrected chi connectivity index (χ0v) is 10.7. The zero-order chi connectivity index (χ0) is 12.1. The van der Waals surface area contributed by atoms with E-state index in [4.69, 9.17) is 5.73 Å². The van der Waals surface area contributed by atoms with Gasteiger partial charge in [0.2, 0.25) is 0 Å². The molecule has 0 aliphatic heterocycles. The minimum Gasteiger partial charge on any atom is -0.398 e. The number of amides is 1. The summed E-state index contributed by atoms with van der Waals surface area (Å²) in [4.78, 5) is 12.4. The SMILES string of the molecule is CCC(C)Sc1ccc(C(=O)NC)cc1N. The van der Waals surface area contributed by atoms with Crippen LogP contribution in [0.3, 0.4) is 0 Å². The summed E-state index contributed by atoms with van der Waals surface area (Å²) in [5.41, 5.74) is 7.19. The van der Waals surface area contributed by atoms with Gasteiger partial charge in [-0.2, -0.15) is 0 Å². The number of benzene rings is 1. The van der Waals surface area contributed by atoms with Crippen molar-refractivity contribution < 1.29 is 4.79 Å². The number of hydrogen-bond donors (Lipinski definition) is 2. The van der Waals surface area contributed by atoms with Crippen LogP contribution in [0.25, 0.3) is 0 Å². The predicted molar refractivity (Wildman–Crippen MR) is 69.9 cm³/mol. The van der Waals surface area contributed by atoms with E-state index in [0.717, 1.165) is 11.3 Å². The Hall–Kier alpha value is -1.16. The molecule has 0 fully saturated rings. The number of nitrogen functional groups attached to an aromatic ring is 1. The Balaban J connectivity index is 2.87. The highest BCUT2D eigenvalue weighted by molar-refractivity contribution is 8.00. The second-order valence-corrected chi connectivity index (χ2v) is 5.15. The van der Waals surface area contributed by atoms with Crippen LogP contribution in [-0.4, -0.2) is 18.2 Å². The normalized spacial score (nSPS) is 12.2. The molecule has 3 nitrogen and oxygen atoms in total. The number of anilines is 1. The van der Waals surface area contributed by atoms with Crippen LogP contribution in [0.15, 0.2) is 23.1 Å². The number of thioether (sulfide) groups is 1. The van der Waals surface area contributed by atoms with Crippen molar-refractivity contribution >= 4 is 23.4 Å². The van der Waals surface area contributed by atoms with Crippen molar-refractivity contribution in [3.05, 3.63) is 23.8 Å². The number of carbonyl (C=O) groups is 1. The maximum absolute atomic E-state index is 11.4. The highest BCUT2D eigenvalue weighted by Crippen LogP contribution is 2.30. The predicted octanol–water partition coefficient (Wildman–Crippen LogP) is 2.52. The minimum absolute atomic E-state index is 0.105. The first-order valence-electron chi connectivity index (χ1n) is 5.36. The second kappa shape index (κ2) is 5.80. The molecule has 0 heterocycles. The van der Waals surface area contributed by atoms with E-state index in [0.29, 0.717) is 16.5 Å². The molecule has 0 saturated carbocycles. The summed E-state index contributed by atoms with van der Waals surface area (Å²) in [6.07, 6.45) is 1.10. The molecular formula is C12H18N2OS. The molecule has 1 unspecified atom stereocenters. The Morgan fingerprint density at radius 1 is 1.56 bits per heavy atom. The standard InChI is InChI=1S/C12H18N2OS/c1-4-8(2)16-11-6-5-9(7-10(11)13)12(15)14-3/h5-8H,4,13H2,1-3H3,(H,14,15). The number of hydrogen-bond acceptors (Lipinski definition) is 3. The van der Waals surface area contributed by atoms with Gasteiger partial charge in [0.1, 0.15) is 0 Å². The van der Waals surface area contributed by atoms with E-state index >= 15 is 0 Å². The molecule has 0 saturated heterocycles. The van der Waals surface area contributed by atoms with Crippen LogP contribution >= 0.6 is 11.8 Å². The lowest BCUT2D eigenvalue weighted by molar-refractivity contribution is 0.0963. The lowest BCUT2D eigenvalue weighted by atomic mass is 10.2. The summed E-state index contributed by atoms with van der Waals surface area (Å²) in [5.74, 6) is -0.105. The molecule has 1 aromatic rings. The average molecular weight is 238 g/mol. The number of rotatable bonds is 4. The fraction of sp³-hybridized carbons (Fsp3) is 0.417. The van der Waals surface area contributed by atoms with E-state index in [2.05, 4.69) is 19.2 Å². The third kappa shape index (κ3) is 3.17. The first-order valence-corrected chi connectivity index (χ1v) is 6.24. The van der Waals surface area contributed by atoms with Crippen LogP contribution in [0.1, 0.15) is 30.6 Å². The van der Waals surface area contributed by atoms with Crippen molar-refractivity contribution in [1.29, 1.82) is 0 Å². The van der Waals surface area contributed by atoms with E-state index in [1.165, 1.54) is 0 Å². The number of nitrogens with two attached hydrogens (primary N) is 1. The Labute approximate surface area is 101 Å². The molecule has 0 aliphatic rings. The third-order valence-electron chi connectivity index (χ3n) is 2.40. The zero-order valence-electron chi connectivity index (χ0n) is 9.91. The highest BCUT2D eigenvalue weighted by Gasteiger charge is 2.08. The van der Waals surface area contributed by atoms with Gasteiger partial charge >= 0.3 is 0 Å². The maximum atomic E-state index is 11.4. The van der Waals surface area contributed by atoms with Crippen molar-refractivity contribution in [2.75, 3.05) is 12.8 Å². The molecule has 3 N–H and O–H groups in total. The molecular weight excluding hydrogens is 220 g/mol. The molecule has 88 valence electrons. The summed E-state index contributed by atoms with van der Waals surface area (Å²) in [6.45, 7) is 4.31. The van der Waals surface area contributed by atoms with Gasteiger partial charge in [-0.1, -0.05) is 13.8 Å². The van der Waals surface area contributed by atoms with E-state index < -0.39 is 0 Å². The van der Waals surface area contributed by atoms with Crippen molar-refractivity contribution in [3.63, 3.8) is 0 Å². The lowest BCUT2D eigenvalue weighted by Gasteiger charge is -2.11. The molecule has 0 spiro atoms. The quantitative estimate of drug-likeness (QED) is 0.626. The van der Waals surface area contributed by atoms with E-state index in [1.54, 1.807) is 30.9 Å². The van der Waals surface area contributed by atoms with Crippen LogP contribution in [0.4, 0.5) is 5.69 Å². The van der Waals surface area contributed by atoms with Gasteiger partial charge in [0.05, 0.1) is 0 Å². The summed E-state index contributed by atoms with van der Waals surface area (Å²) in [6, 6.07) is 5.44. The Morgan fingerprint density at radius 3 is 2.75 bits per heavy atom. The lowest BCUT2D eigenvalue weighted by Crippen LogP contribution is -2.17. The van der Waals surface area contributed by atoms with Gasteiger partial charge in [-0.25, -0.2) is 0 Å². The molecule has 0 bridgehead atoms. The van der Waals surface area contributed by atoms with Crippen LogP contribution in [0.2, 0.25) is 0 Å². The second-order valence-electron chi connectivity index (χ2n) is 3.67. The van der Waals surface area contributed by atoms with Crippen LogP contribution < -0.4 is 11.1 Å². The third-order valence-corrected chi connectivity index (χ3v) is 3.76. The van der Waals surface area contributed by atoms with Crippen molar-refractivity contribution in [2.24, 2.45) is 0 Å². The smallest absolute Gasteiger partial charge is 0.251 e. The van der Waals surface area contributed by atoms with Crippen LogP contribution in [0, 0.1) is 0 Å². The largest absolute Gasteiger partial charge is 0.398 e. The molecule has 1 amide bonds. The van der Waals surface area contributed by atoms with Gasteiger partial charge in [-0.05, 0) is 24.6 Å². The van der Waals surface area contributed by atoms with Crippen molar-refractivity contribution in [3.8, 4) is 0 Å². The molecule has 0 aromatic heterocycles. The van der Waals surface area contributed by atoms with Crippen LogP contribution in [-0.2, 0) is 0 Å². The Kier molecular flexibility index (Phi) is 4.68. The van der Waals surface area contributed by atoms with Gasteiger partial charge in [0.25, 0.3) is 5.91 Å². The number of nitrogens with one attached hydrogen (secondary N) is 1. The van der Waals surface area contributed by atoms with Gasteiger partial charge in [-0.3, -0.25) is 4.79 Å². The topological polar surface area (TPSA) is 55.1 Å². The molecule has 16 heavy (non-hydrogen) atoms. The van der Waals surface area contributed by atoms with Crippen LogP contribution in [0.5, 0.6) is 0 Å². The maximum Gasteiger partial charge on any atom is 0.251 e. The Morgan fingerprint density at radius 2 is 2.25 bits per heavy atom. The summed E-state index contributed by atoms with van der Waals surface area (Å²) < 4.78 is 0. The molecule has 0 radical (unpaired) electrons. The van der Waals surface area contributed by atoms with E-state index in [-0.39, 0.29) is 5.91 Å². The minimum atomic E-state index is -0.105. The summed E-state index contributed by atoms with van der Waals surface area (Å²) in [7, 11) is 1.61. The summed E-state index contributed by atoms with van der Waals surface area (Å²) in [5, 5.41) is 3.11. The number of carbonyl (C=O) groups excluding carboxylic acids is 1. The summed E-state index contributed by atoms with van der Waals surface area (Å²) >= 11 is 1.74. The molecule has 1 atom stereocenters. The van der Waals surface area contributed by atoms with Crippen molar-refractivity contribution in [1.82, 2.24) is 5.32 Å². The van der Waals surface area contributed by atoms with Gasteiger partial charge in [0, 0.05) is 28.4 Å². The first kappa shape index (κ1) is 12.9. The fourth-order valence-electron chi connectivity index (χ4n) is 1.24. The van der Waals surface area contributed by atoms with Crippen molar-refractivity contribution in [2.45, 2.75) is 30.4 Å². The Bertz CT molecular complexity index is 379. The van der Waals surface area contributed by atoms with Gasteiger partial charge in [0.15, 0.2) is 0 Å². The highest BCUT2D eigenvalue weighted by atomic mass is 32.2. The van der Waals surface area contributed by atoms with E-state index in [1.807, 2.05) is 6.07 Å². The molecule has 4 heteroatoms. The fourth-order valence-corrected chi connectivity index (χ4v) is 2.18. The van der Waals surface area contributed by atoms with Gasteiger partial charge in [-0.15, -0.1) is 11.8 Å². The molecule has 1 rings (SSSR count). The van der Waals surface area contributed by atoms with E-state index in [9.17, 15) is 4.79 Å². The molecule has 1 aromatic carbocycles.